The minimum absolute atomic E-state index is 0.0405. The van der Waals surface area contributed by atoms with Crippen LogP contribution >= 0.6 is 11.6 Å². The van der Waals surface area contributed by atoms with Crippen LogP contribution in [0, 0.1) is 6.92 Å². The number of nitrogens with zero attached hydrogens (tertiary/aromatic N) is 2. The van der Waals surface area contributed by atoms with E-state index >= 15 is 0 Å². The predicted octanol–water partition coefficient (Wildman–Crippen LogP) is 4.03. The maximum absolute atomic E-state index is 12.1. The van der Waals surface area contributed by atoms with E-state index in [1.54, 1.807) is 4.68 Å². The van der Waals surface area contributed by atoms with Crippen molar-refractivity contribution in [2.75, 3.05) is 5.32 Å². The second-order valence-corrected chi connectivity index (χ2v) is 5.56. The minimum Gasteiger partial charge on any atom is -0.326 e. The van der Waals surface area contributed by atoms with E-state index in [4.69, 9.17) is 11.6 Å². The molecule has 0 radical (unpaired) electrons. The number of anilines is 1. The molecule has 22 heavy (non-hydrogen) atoms. The number of rotatable bonds is 4. The van der Waals surface area contributed by atoms with Crippen LogP contribution in [0.25, 0.3) is 10.9 Å². The number of halogens is 1. The van der Waals surface area contributed by atoms with Gasteiger partial charge in [-0.15, -0.1) is 0 Å². The number of nitrogens with one attached hydrogen (secondary N) is 1. The Labute approximate surface area is 133 Å². The van der Waals surface area contributed by atoms with Crippen molar-refractivity contribution >= 4 is 34.1 Å². The molecule has 3 aromatic rings. The largest absolute Gasteiger partial charge is 0.326 e. The number of carbonyl (C=O) groups is 1. The summed E-state index contributed by atoms with van der Waals surface area (Å²) in [6, 6.07) is 15.5. The Morgan fingerprint density at radius 1 is 1.23 bits per heavy atom. The fourth-order valence-electron chi connectivity index (χ4n) is 2.41. The molecule has 112 valence electrons. The van der Waals surface area contributed by atoms with Crippen LogP contribution < -0.4 is 5.32 Å². The van der Waals surface area contributed by atoms with Gasteiger partial charge in [0.15, 0.2) is 5.15 Å². The molecule has 0 saturated carbocycles. The zero-order valence-corrected chi connectivity index (χ0v) is 13.0. The summed E-state index contributed by atoms with van der Waals surface area (Å²) in [6.07, 6.45) is 0.343. The molecule has 1 aromatic heterocycles. The van der Waals surface area contributed by atoms with Crippen molar-refractivity contribution in [2.24, 2.45) is 0 Å². The van der Waals surface area contributed by atoms with Gasteiger partial charge in [0.1, 0.15) is 0 Å². The number of hydrogen-bond acceptors (Lipinski definition) is 2. The quantitative estimate of drug-likeness (QED) is 0.790. The van der Waals surface area contributed by atoms with E-state index in [0.717, 1.165) is 22.2 Å². The van der Waals surface area contributed by atoms with Crippen LogP contribution in [0.3, 0.4) is 0 Å². The number of aryl methyl sites for hydroxylation is 2. The molecule has 0 spiro atoms. The Bertz CT molecular complexity index is 826. The Morgan fingerprint density at radius 3 is 2.86 bits per heavy atom. The van der Waals surface area contributed by atoms with E-state index in [9.17, 15) is 4.79 Å². The number of amides is 1. The highest BCUT2D eigenvalue weighted by atomic mass is 35.5. The maximum Gasteiger partial charge on any atom is 0.226 e. The number of benzene rings is 2. The standard InChI is InChI=1S/C17H16ClN3O/c1-12-5-4-6-13(11-12)19-16(22)9-10-21-15-8-3-2-7-14(15)17(18)20-21/h2-8,11H,9-10H2,1H3,(H,19,22). The molecule has 4 nitrogen and oxygen atoms in total. The molecule has 1 amide bonds. The molecule has 0 bridgehead atoms. The van der Waals surface area contributed by atoms with Crippen LogP contribution in [0.4, 0.5) is 5.69 Å². The summed E-state index contributed by atoms with van der Waals surface area (Å²) >= 11 is 6.11. The third-order valence-electron chi connectivity index (χ3n) is 3.47. The number of aromatic nitrogens is 2. The second kappa shape index (κ2) is 6.20. The summed E-state index contributed by atoms with van der Waals surface area (Å²) in [5, 5.41) is 8.55. The zero-order chi connectivity index (χ0) is 15.5. The van der Waals surface area contributed by atoms with E-state index in [1.165, 1.54) is 0 Å². The van der Waals surface area contributed by atoms with Crippen LogP contribution in [0.2, 0.25) is 5.15 Å². The van der Waals surface area contributed by atoms with Gasteiger partial charge in [-0.2, -0.15) is 5.10 Å². The molecule has 0 saturated heterocycles. The highest BCUT2D eigenvalue weighted by Crippen LogP contribution is 2.22. The summed E-state index contributed by atoms with van der Waals surface area (Å²) in [7, 11) is 0. The topological polar surface area (TPSA) is 46.9 Å². The lowest BCUT2D eigenvalue weighted by Gasteiger charge is -2.07. The number of hydrogen-bond donors (Lipinski definition) is 1. The highest BCUT2D eigenvalue weighted by Gasteiger charge is 2.09. The molecule has 1 N–H and O–H groups in total. The van der Waals surface area contributed by atoms with Gasteiger partial charge in [0, 0.05) is 17.5 Å². The molecule has 0 atom stereocenters. The van der Waals surface area contributed by atoms with Crippen LogP contribution in [0.1, 0.15) is 12.0 Å². The first-order chi connectivity index (χ1) is 10.6. The highest BCUT2D eigenvalue weighted by molar-refractivity contribution is 6.34. The van der Waals surface area contributed by atoms with Crippen molar-refractivity contribution in [3.63, 3.8) is 0 Å². The monoisotopic (exact) mass is 313 g/mol. The smallest absolute Gasteiger partial charge is 0.226 e. The van der Waals surface area contributed by atoms with Gasteiger partial charge in [0.25, 0.3) is 0 Å². The molecule has 1 heterocycles. The summed E-state index contributed by atoms with van der Waals surface area (Å²) in [5.74, 6) is -0.0405. The molecule has 3 rings (SSSR count). The molecule has 0 aliphatic rings. The van der Waals surface area contributed by atoms with Gasteiger partial charge in [-0.1, -0.05) is 35.9 Å². The fourth-order valence-corrected chi connectivity index (χ4v) is 2.66. The third-order valence-corrected chi connectivity index (χ3v) is 3.74. The van der Waals surface area contributed by atoms with Gasteiger partial charge < -0.3 is 5.32 Å². The Balaban J connectivity index is 1.68. The van der Waals surface area contributed by atoms with Crippen molar-refractivity contribution in [3.8, 4) is 0 Å². The normalized spacial score (nSPS) is 10.8. The van der Waals surface area contributed by atoms with Crippen molar-refractivity contribution in [1.29, 1.82) is 0 Å². The van der Waals surface area contributed by atoms with Crippen molar-refractivity contribution < 1.29 is 4.79 Å². The van der Waals surface area contributed by atoms with Crippen molar-refractivity contribution in [3.05, 3.63) is 59.2 Å². The molecular weight excluding hydrogens is 298 g/mol. The molecule has 0 aliphatic heterocycles. The van der Waals surface area contributed by atoms with E-state index in [0.29, 0.717) is 18.1 Å². The summed E-state index contributed by atoms with van der Waals surface area (Å²) < 4.78 is 1.77. The first-order valence-corrected chi connectivity index (χ1v) is 7.49. The average molecular weight is 314 g/mol. The lowest BCUT2D eigenvalue weighted by molar-refractivity contribution is -0.116. The fraction of sp³-hybridized carbons (Fsp3) is 0.176. The lowest BCUT2D eigenvalue weighted by atomic mass is 10.2. The Kier molecular flexibility index (Phi) is 4.11. The first kappa shape index (κ1) is 14.6. The van der Waals surface area contributed by atoms with Crippen LogP contribution in [0.5, 0.6) is 0 Å². The molecule has 2 aromatic carbocycles. The van der Waals surface area contributed by atoms with E-state index < -0.39 is 0 Å². The molecule has 0 unspecified atom stereocenters. The van der Waals surface area contributed by atoms with Gasteiger partial charge in [0.05, 0.1) is 12.1 Å². The van der Waals surface area contributed by atoms with Gasteiger partial charge in [0.2, 0.25) is 5.91 Å². The SMILES string of the molecule is Cc1cccc(NC(=O)CCn2nc(Cl)c3ccccc32)c1. The van der Waals surface area contributed by atoms with Gasteiger partial charge in [-0.3, -0.25) is 9.48 Å². The van der Waals surface area contributed by atoms with E-state index in [-0.39, 0.29) is 5.91 Å². The van der Waals surface area contributed by atoms with Crippen molar-refractivity contribution in [2.45, 2.75) is 19.9 Å². The van der Waals surface area contributed by atoms with Gasteiger partial charge >= 0.3 is 0 Å². The average Bonchev–Trinajstić information content (AvgIpc) is 2.82. The Morgan fingerprint density at radius 2 is 2.05 bits per heavy atom. The van der Waals surface area contributed by atoms with Crippen molar-refractivity contribution in [1.82, 2.24) is 9.78 Å². The van der Waals surface area contributed by atoms with E-state index in [2.05, 4.69) is 10.4 Å². The van der Waals surface area contributed by atoms with Gasteiger partial charge in [-0.05, 0) is 36.8 Å². The zero-order valence-electron chi connectivity index (χ0n) is 12.2. The molecular formula is C17H16ClN3O. The molecule has 5 heteroatoms. The number of fused-ring (bicyclic) bond motifs is 1. The minimum atomic E-state index is -0.0405. The molecule has 0 aliphatic carbocycles. The summed E-state index contributed by atoms with van der Waals surface area (Å²) in [5.41, 5.74) is 2.87. The molecule has 0 fully saturated rings. The van der Waals surface area contributed by atoms with Crippen LogP contribution in [-0.2, 0) is 11.3 Å². The number of carbonyl (C=O) groups excluding carboxylic acids is 1. The second-order valence-electron chi connectivity index (χ2n) is 5.20. The maximum atomic E-state index is 12.1. The summed E-state index contributed by atoms with van der Waals surface area (Å²) in [6.45, 7) is 2.48. The third kappa shape index (κ3) is 3.12. The lowest BCUT2D eigenvalue weighted by Crippen LogP contribution is -2.15. The summed E-state index contributed by atoms with van der Waals surface area (Å²) in [4.78, 5) is 12.1. The predicted molar refractivity (Wildman–Crippen MR) is 89.2 cm³/mol. The Hall–Kier alpha value is -2.33. The van der Waals surface area contributed by atoms with Crippen LogP contribution in [-0.4, -0.2) is 15.7 Å². The van der Waals surface area contributed by atoms with Gasteiger partial charge in [-0.25, -0.2) is 0 Å². The first-order valence-electron chi connectivity index (χ1n) is 7.11. The van der Waals surface area contributed by atoms with Crippen LogP contribution in [0.15, 0.2) is 48.5 Å². The number of para-hydroxylation sites is 1. The van der Waals surface area contributed by atoms with E-state index in [1.807, 2.05) is 55.5 Å².